The van der Waals surface area contributed by atoms with Crippen molar-refractivity contribution in [2.24, 2.45) is 5.92 Å². The fourth-order valence-corrected chi connectivity index (χ4v) is 3.69. The highest BCUT2D eigenvalue weighted by Gasteiger charge is 2.26. The van der Waals surface area contributed by atoms with Crippen molar-refractivity contribution in [2.45, 2.75) is 50.9 Å². The van der Waals surface area contributed by atoms with Crippen LogP contribution in [0.5, 0.6) is 0 Å². The molecule has 108 valence electrons. The summed E-state index contributed by atoms with van der Waals surface area (Å²) in [6, 6.07) is 2.34. The van der Waals surface area contributed by atoms with Gasteiger partial charge in [0.1, 0.15) is 11.3 Å². The van der Waals surface area contributed by atoms with E-state index in [4.69, 9.17) is 23.2 Å². The Hall–Kier alpha value is -0.800. The molecule has 2 aromatic rings. The maximum Gasteiger partial charge on any atom is 0.160 e. The van der Waals surface area contributed by atoms with E-state index in [1.165, 1.54) is 32.1 Å². The first kappa shape index (κ1) is 14.2. The molecule has 0 spiro atoms. The van der Waals surface area contributed by atoms with Crippen LogP contribution in [0.4, 0.5) is 0 Å². The molecule has 1 saturated carbocycles. The second-order valence-electron chi connectivity index (χ2n) is 5.62. The van der Waals surface area contributed by atoms with Crippen LogP contribution in [0.25, 0.3) is 11.2 Å². The highest BCUT2D eigenvalue weighted by atomic mass is 35.5. The first-order valence-electron chi connectivity index (χ1n) is 7.31. The summed E-state index contributed by atoms with van der Waals surface area (Å²) < 4.78 is 2.25. The summed E-state index contributed by atoms with van der Waals surface area (Å²) in [7, 11) is 0. The zero-order valence-electron chi connectivity index (χ0n) is 11.6. The quantitative estimate of drug-likeness (QED) is 0.750. The van der Waals surface area contributed by atoms with E-state index in [1.54, 1.807) is 6.20 Å². The van der Waals surface area contributed by atoms with Crippen molar-refractivity contribution in [1.29, 1.82) is 0 Å². The lowest BCUT2D eigenvalue weighted by Crippen LogP contribution is -2.20. The summed E-state index contributed by atoms with van der Waals surface area (Å²) in [5.74, 6) is 2.14. The molecule has 1 fully saturated rings. The fourth-order valence-electron chi connectivity index (χ4n) is 3.35. The predicted molar refractivity (Wildman–Crippen MR) is 83.4 cm³/mol. The molecule has 2 aromatic heterocycles. The SMILES string of the molecule is CCC1CCCC(n2c(CCl)nc3cc(Cl)cnc32)C1. The third-order valence-electron chi connectivity index (χ3n) is 4.39. The largest absolute Gasteiger partial charge is 0.309 e. The lowest BCUT2D eigenvalue weighted by atomic mass is 9.84. The number of hydrogen-bond acceptors (Lipinski definition) is 2. The minimum Gasteiger partial charge on any atom is -0.309 e. The molecular weight excluding hydrogens is 293 g/mol. The molecule has 20 heavy (non-hydrogen) atoms. The molecule has 1 aliphatic carbocycles. The Balaban J connectivity index is 2.04. The Bertz CT molecular complexity index is 608. The van der Waals surface area contributed by atoms with Gasteiger partial charge in [0.15, 0.2) is 5.65 Å². The van der Waals surface area contributed by atoms with Gasteiger partial charge in [-0.05, 0) is 24.8 Å². The number of hydrogen-bond donors (Lipinski definition) is 0. The maximum atomic E-state index is 6.09. The molecule has 5 heteroatoms. The van der Waals surface area contributed by atoms with Crippen molar-refractivity contribution < 1.29 is 0 Å². The molecule has 3 rings (SSSR count). The van der Waals surface area contributed by atoms with Gasteiger partial charge >= 0.3 is 0 Å². The lowest BCUT2D eigenvalue weighted by molar-refractivity contribution is 0.262. The lowest BCUT2D eigenvalue weighted by Gasteiger charge is -2.30. The number of aromatic nitrogens is 3. The number of fused-ring (bicyclic) bond motifs is 1. The van der Waals surface area contributed by atoms with Crippen LogP contribution in [0.1, 0.15) is 50.9 Å². The van der Waals surface area contributed by atoms with Crippen LogP contribution >= 0.6 is 23.2 Å². The average Bonchev–Trinajstić information content (AvgIpc) is 2.84. The van der Waals surface area contributed by atoms with Gasteiger partial charge in [0, 0.05) is 12.2 Å². The average molecular weight is 312 g/mol. The summed E-state index contributed by atoms with van der Waals surface area (Å²) in [4.78, 5) is 9.09. The highest BCUT2D eigenvalue weighted by molar-refractivity contribution is 6.31. The van der Waals surface area contributed by atoms with Gasteiger partial charge in [0.25, 0.3) is 0 Å². The Labute approximate surface area is 129 Å². The third-order valence-corrected chi connectivity index (χ3v) is 4.83. The van der Waals surface area contributed by atoms with Gasteiger partial charge in [-0.3, -0.25) is 0 Å². The first-order chi connectivity index (χ1) is 9.72. The van der Waals surface area contributed by atoms with Crippen LogP contribution < -0.4 is 0 Å². The van der Waals surface area contributed by atoms with E-state index in [0.717, 1.165) is 22.9 Å². The molecule has 0 aromatic carbocycles. The van der Waals surface area contributed by atoms with E-state index in [-0.39, 0.29) is 0 Å². The summed E-state index contributed by atoms with van der Waals surface area (Å²) in [5.41, 5.74) is 1.78. The molecule has 0 radical (unpaired) electrons. The van der Waals surface area contributed by atoms with E-state index >= 15 is 0 Å². The van der Waals surface area contributed by atoms with Gasteiger partial charge in [-0.25, -0.2) is 9.97 Å². The second-order valence-corrected chi connectivity index (χ2v) is 6.33. The standard InChI is InChI=1S/C15H19Cl2N3/c1-2-10-4-3-5-12(6-10)20-14(8-16)19-13-7-11(17)9-18-15(13)20/h7,9-10,12H,2-6,8H2,1H3. The molecule has 2 atom stereocenters. The maximum absolute atomic E-state index is 6.09. The van der Waals surface area contributed by atoms with Crippen molar-refractivity contribution in [2.75, 3.05) is 0 Å². The molecular formula is C15H19Cl2N3. The molecule has 2 heterocycles. The molecule has 0 N–H and O–H groups in total. The second kappa shape index (κ2) is 5.90. The van der Waals surface area contributed by atoms with Crippen LogP contribution in [0.15, 0.2) is 12.3 Å². The minimum atomic E-state index is 0.418. The smallest absolute Gasteiger partial charge is 0.160 e. The van der Waals surface area contributed by atoms with Gasteiger partial charge in [0.2, 0.25) is 0 Å². The molecule has 0 bridgehead atoms. The van der Waals surface area contributed by atoms with Crippen molar-refractivity contribution in [1.82, 2.24) is 14.5 Å². The number of rotatable bonds is 3. The van der Waals surface area contributed by atoms with Gasteiger partial charge in [-0.1, -0.05) is 37.8 Å². The van der Waals surface area contributed by atoms with Crippen LogP contribution in [0, 0.1) is 5.92 Å². The van der Waals surface area contributed by atoms with E-state index in [0.29, 0.717) is 16.9 Å². The summed E-state index contributed by atoms with van der Waals surface area (Å²) in [6.45, 7) is 2.28. The van der Waals surface area contributed by atoms with E-state index in [1.807, 2.05) is 6.07 Å². The van der Waals surface area contributed by atoms with Crippen molar-refractivity contribution in [3.63, 3.8) is 0 Å². The van der Waals surface area contributed by atoms with E-state index < -0.39 is 0 Å². The van der Waals surface area contributed by atoms with Crippen LogP contribution in [-0.4, -0.2) is 14.5 Å². The third kappa shape index (κ3) is 2.53. The number of nitrogens with zero attached hydrogens (tertiary/aromatic N) is 3. The topological polar surface area (TPSA) is 30.7 Å². The monoisotopic (exact) mass is 311 g/mol. The fraction of sp³-hybridized carbons (Fsp3) is 0.600. The Morgan fingerprint density at radius 1 is 1.40 bits per heavy atom. The number of imidazole rings is 1. The molecule has 3 nitrogen and oxygen atoms in total. The van der Waals surface area contributed by atoms with Crippen molar-refractivity contribution in [3.8, 4) is 0 Å². The van der Waals surface area contributed by atoms with Crippen LogP contribution in [0.2, 0.25) is 5.02 Å². The minimum absolute atomic E-state index is 0.418. The van der Waals surface area contributed by atoms with Gasteiger partial charge in [0.05, 0.1) is 10.9 Å². The molecule has 1 aliphatic rings. The predicted octanol–water partition coefficient (Wildman–Crippen LogP) is 4.96. The van der Waals surface area contributed by atoms with Crippen LogP contribution in [0.3, 0.4) is 0 Å². The van der Waals surface area contributed by atoms with E-state index in [9.17, 15) is 0 Å². The zero-order chi connectivity index (χ0) is 14.1. The summed E-state index contributed by atoms with van der Waals surface area (Å²) in [6.07, 6.45) is 7.96. The summed E-state index contributed by atoms with van der Waals surface area (Å²) >= 11 is 12.1. The molecule has 0 saturated heterocycles. The molecule has 2 unspecified atom stereocenters. The number of pyridine rings is 1. The first-order valence-corrected chi connectivity index (χ1v) is 8.22. The zero-order valence-corrected chi connectivity index (χ0v) is 13.2. The van der Waals surface area contributed by atoms with E-state index in [2.05, 4.69) is 21.5 Å². The number of alkyl halides is 1. The Morgan fingerprint density at radius 3 is 3.00 bits per heavy atom. The summed E-state index contributed by atoms with van der Waals surface area (Å²) in [5, 5.41) is 0.623. The van der Waals surface area contributed by atoms with Crippen molar-refractivity contribution in [3.05, 3.63) is 23.1 Å². The highest BCUT2D eigenvalue weighted by Crippen LogP contribution is 2.37. The van der Waals surface area contributed by atoms with Gasteiger partial charge in [-0.15, -0.1) is 11.6 Å². The Kier molecular flexibility index (Phi) is 4.18. The van der Waals surface area contributed by atoms with Gasteiger partial charge < -0.3 is 4.57 Å². The van der Waals surface area contributed by atoms with Crippen molar-refractivity contribution >= 4 is 34.4 Å². The normalized spacial score (nSPS) is 23.4. The molecule has 0 amide bonds. The molecule has 0 aliphatic heterocycles. The van der Waals surface area contributed by atoms with Crippen LogP contribution in [-0.2, 0) is 5.88 Å². The Morgan fingerprint density at radius 2 is 2.25 bits per heavy atom. The number of halogens is 2. The van der Waals surface area contributed by atoms with Gasteiger partial charge in [-0.2, -0.15) is 0 Å².